The highest BCUT2D eigenvalue weighted by Crippen LogP contribution is 2.32. The molecule has 1 aromatic heterocycles. The maximum atomic E-state index is 10.3. The number of hydrogen-bond acceptors (Lipinski definition) is 7. The molecule has 3 aliphatic heterocycles. The Morgan fingerprint density at radius 2 is 2.20 bits per heavy atom. The fourth-order valence-corrected chi connectivity index (χ4v) is 4.89. The van der Waals surface area contributed by atoms with Crippen LogP contribution in [-0.2, 0) is 4.74 Å². The Bertz CT molecular complexity index is 929. The summed E-state index contributed by atoms with van der Waals surface area (Å²) >= 11 is 0. The third-order valence-corrected chi connectivity index (χ3v) is 6.42. The van der Waals surface area contributed by atoms with Crippen LogP contribution in [0.25, 0.3) is 11.3 Å². The van der Waals surface area contributed by atoms with Crippen LogP contribution < -0.4 is 5.32 Å². The molecule has 2 aromatic rings. The molecule has 0 bridgehead atoms. The van der Waals surface area contributed by atoms with Gasteiger partial charge in [0, 0.05) is 37.4 Å². The van der Waals surface area contributed by atoms with Crippen molar-refractivity contribution in [1.82, 2.24) is 20.0 Å². The van der Waals surface area contributed by atoms with Crippen molar-refractivity contribution in [1.29, 1.82) is 0 Å². The standard InChI is InChI=1S/C22H29N5O3/c1-14-3-2-4-15(11-14)16-5-9-27(25-16)21-12-20(23-22(24-21)18(29)13-28)26-8-6-19-17(26)7-10-30-19/h2-5,9,11,17-20,22-23,28-29H,6-8,10,12-13H2,1H3/t17-,18?,19-,20?,22?/m1/s1. The van der Waals surface area contributed by atoms with Gasteiger partial charge in [0.1, 0.15) is 18.1 Å². The van der Waals surface area contributed by atoms with E-state index in [9.17, 15) is 10.2 Å². The highest BCUT2D eigenvalue weighted by molar-refractivity contribution is 5.85. The lowest BCUT2D eigenvalue weighted by Gasteiger charge is -2.38. The van der Waals surface area contributed by atoms with Crippen molar-refractivity contribution in [2.45, 2.75) is 56.8 Å². The molecule has 1 aromatic carbocycles. The van der Waals surface area contributed by atoms with Crippen LogP contribution >= 0.6 is 0 Å². The van der Waals surface area contributed by atoms with Crippen molar-refractivity contribution >= 4 is 5.84 Å². The molecule has 3 aliphatic rings. The van der Waals surface area contributed by atoms with Crippen LogP contribution in [-0.4, -0.2) is 81.1 Å². The summed E-state index contributed by atoms with van der Waals surface area (Å²) in [6, 6.07) is 10.6. The first kappa shape index (κ1) is 19.8. The van der Waals surface area contributed by atoms with E-state index in [1.54, 1.807) is 4.68 Å². The maximum absolute atomic E-state index is 10.3. The molecule has 3 N–H and O–H groups in total. The second-order valence-corrected chi connectivity index (χ2v) is 8.43. The molecule has 4 heterocycles. The Balaban J connectivity index is 1.42. The molecule has 0 aliphatic carbocycles. The van der Waals surface area contributed by atoms with Crippen LogP contribution in [0.1, 0.15) is 24.8 Å². The summed E-state index contributed by atoms with van der Waals surface area (Å²) in [7, 11) is 0. The van der Waals surface area contributed by atoms with E-state index < -0.39 is 12.3 Å². The van der Waals surface area contributed by atoms with Gasteiger partial charge in [0.15, 0.2) is 0 Å². The topological polar surface area (TPSA) is 95.1 Å². The molecule has 30 heavy (non-hydrogen) atoms. The summed E-state index contributed by atoms with van der Waals surface area (Å²) in [5.41, 5.74) is 3.15. The predicted molar refractivity (Wildman–Crippen MR) is 113 cm³/mol. The number of hydrogen-bond donors (Lipinski definition) is 3. The molecule has 3 unspecified atom stereocenters. The zero-order valence-corrected chi connectivity index (χ0v) is 17.2. The minimum atomic E-state index is -0.965. The van der Waals surface area contributed by atoms with E-state index in [0.29, 0.717) is 18.6 Å². The molecule has 2 fully saturated rings. The maximum Gasteiger partial charge on any atom is 0.131 e. The number of ether oxygens (including phenoxy) is 1. The van der Waals surface area contributed by atoms with Gasteiger partial charge in [0.25, 0.3) is 0 Å². The SMILES string of the molecule is Cc1cccc(-c2ccn(C3=NC(C(O)CO)NC(N4CC[C@H]5OCC[C@H]54)C3)n2)c1. The fourth-order valence-electron chi connectivity index (χ4n) is 4.89. The van der Waals surface area contributed by atoms with E-state index in [-0.39, 0.29) is 12.8 Å². The predicted octanol–water partition coefficient (Wildman–Crippen LogP) is 0.967. The first-order chi connectivity index (χ1) is 14.6. The molecule has 5 rings (SSSR count). The van der Waals surface area contributed by atoms with Gasteiger partial charge in [-0.2, -0.15) is 5.10 Å². The highest BCUT2D eigenvalue weighted by Gasteiger charge is 2.44. The van der Waals surface area contributed by atoms with E-state index in [1.165, 1.54) is 5.56 Å². The monoisotopic (exact) mass is 411 g/mol. The van der Waals surface area contributed by atoms with Crippen LogP contribution in [0.3, 0.4) is 0 Å². The summed E-state index contributed by atoms with van der Waals surface area (Å²) in [6.07, 6.45) is 3.44. The number of aliphatic imine (C=N–C) groups is 1. The van der Waals surface area contributed by atoms with Gasteiger partial charge >= 0.3 is 0 Å². The van der Waals surface area contributed by atoms with E-state index in [0.717, 1.165) is 43.1 Å². The zero-order valence-electron chi connectivity index (χ0n) is 17.2. The first-order valence-electron chi connectivity index (χ1n) is 10.7. The lowest BCUT2D eigenvalue weighted by molar-refractivity contribution is 0.0370. The molecule has 0 radical (unpaired) electrons. The lowest BCUT2D eigenvalue weighted by atomic mass is 10.1. The number of aromatic nitrogens is 2. The van der Waals surface area contributed by atoms with Gasteiger partial charge in [-0.15, -0.1) is 0 Å². The van der Waals surface area contributed by atoms with Gasteiger partial charge in [-0.05, 0) is 31.9 Å². The quantitative estimate of drug-likeness (QED) is 0.694. The van der Waals surface area contributed by atoms with Crippen LogP contribution in [0.15, 0.2) is 41.5 Å². The summed E-state index contributed by atoms with van der Waals surface area (Å²) in [4.78, 5) is 7.13. The van der Waals surface area contributed by atoms with Gasteiger partial charge < -0.3 is 14.9 Å². The first-order valence-corrected chi connectivity index (χ1v) is 10.7. The van der Waals surface area contributed by atoms with Gasteiger partial charge in [0.2, 0.25) is 0 Å². The van der Waals surface area contributed by atoms with Gasteiger partial charge in [-0.25, -0.2) is 9.67 Å². The van der Waals surface area contributed by atoms with Crippen LogP contribution in [0.2, 0.25) is 0 Å². The number of benzene rings is 1. The van der Waals surface area contributed by atoms with Crippen molar-refractivity contribution in [3.05, 3.63) is 42.1 Å². The second kappa shape index (κ2) is 8.20. The number of rotatable bonds is 4. The molecule has 8 heteroatoms. The average molecular weight is 412 g/mol. The number of nitrogens with zero attached hydrogens (tertiary/aromatic N) is 4. The van der Waals surface area contributed by atoms with Crippen molar-refractivity contribution in [3.63, 3.8) is 0 Å². The van der Waals surface area contributed by atoms with E-state index in [4.69, 9.17) is 14.8 Å². The summed E-state index contributed by atoms with van der Waals surface area (Å²) in [5.74, 6) is 0.789. The van der Waals surface area contributed by atoms with Gasteiger partial charge in [-0.1, -0.05) is 23.8 Å². The van der Waals surface area contributed by atoms with Crippen molar-refractivity contribution in [2.24, 2.45) is 4.99 Å². The summed E-state index contributed by atoms with van der Waals surface area (Å²) in [5, 5.41) is 28.0. The molecule has 0 saturated carbocycles. The number of aliphatic hydroxyl groups is 2. The molecule has 2 saturated heterocycles. The second-order valence-electron chi connectivity index (χ2n) is 8.43. The Morgan fingerprint density at radius 3 is 3.03 bits per heavy atom. The number of aliphatic hydroxyl groups excluding tert-OH is 2. The summed E-state index contributed by atoms with van der Waals surface area (Å²) in [6.45, 7) is 3.49. The molecule has 8 nitrogen and oxygen atoms in total. The smallest absolute Gasteiger partial charge is 0.131 e. The van der Waals surface area contributed by atoms with E-state index in [1.807, 2.05) is 18.3 Å². The van der Waals surface area contributed by atoms with Crippen molar-refractivity contribution in [2.75, 3.05) is 19.8 Å². The molecular formula is C22H29N5O3. The Hall–Kier alpha value is -2.10. The normalized spacial score (nSPS) is 30.3. The molecular weight excluding hydrogens is 382 g/mol. The zero-order chi connectivity index (χ0) is 20.7. The van der Waals surface area contributed by atoms with E-state index >= 15 is 0 Å². The Morgan fingerprint density at radius 1 is 1.30 bits per heavy atom. The van der Waals surface area contributed by atoms with Crippen molar-refractivity contribution < 1.29 is 14.9 Å². The Kier molecular flexibility index (Phi) is 5.43. The van der Waals surface area contributed by atoms with E-state index in [2.05, 4.69) is 35.3 Å². The molecule has 0 spiro atoms. The lowest BCUT2D eigenvalue weighted by Crippen LogP contribution is -2.58. The molecule has 0 amide bonds. The van der Waals surface area contributed by atoms with Crippen LogP contribution in [0.4, 0.5) is 0 Å². The van der Waals surface area contributed by atoms with Gasteiger partial charge in [-0.3, -0.25) is 10.2 Å². The molecule has 160 valence electrons. The van der Waals surface area contributed by atoms with Crippen LogP contribution in [0, 0.1) is 6.92 Å². The third kappa shape index (κ3) is 3.70. The fraction of sp³-hybridized carbons (Fsp3) is 0.545. The van der Waals surface area contributed by atoms with Crippen LogP contribution in [0.5, 0.6) is 0 Å². The third-order valence-electron chi connectivity index (χ3n) is 6.42. The largest absolute Gasteiger partial charge is 0.394 e. The number of nitrogens with one attached hydrogen (secondary N) is 1. The minimum absolute atomic E-state index is 0.0204. The molecule has 5 atom stereocenters. The number of fused-ring (bicyclic) bond motifs is 1. The van der Waals surface area contributed by atoms with Crippen molar-refractivity contribution in [3.8, 4) is 11.3 Å². The average Bonchev–Trinajstić information content (AvgIpc) is 3.49. The Labute approximate surface area is 176 Å². The number of aryl methyl sites for hydroxylation is 1. The summed E-state index contributed by atoms with van der Waals surface area (Å²) < 4.78 is 7.67. The van der Waals surface area contributed by atoms with Gasteiger partial charge in [0.05, 0.1) is 24.6 Å². The minimum Gasteiger partial charge on any atom is -0.394 e. The number of likely N-dealkylation sites (tertiary alicyclic amines) is 1. The highest BCUT2D eigenvalue weighted by atomic mass is 16.5.